The van der Waals surface area contributed by atoms with Gasteiger partial charge in [-0.05, 0) is 38.3 Å². The van der Waals surface area contributed by atoms with Gasteiger partial charge in [-0.25, -0.2) is 9.78 Å². The lowest BCUT2D eigenvalue weighted by molar-refractivity contribution is 0.0695. The molecule has 0 amide bonds. The number of aromatic carboxylic acids is 1. The molecule has 0 saturated carbocycles. The maximum atomic E-state index is 11.3. The van der Waals surface area contributed by atoms with E-state index in [1.165, 1.54) is 0 Å². The molecule has 0 bridgehead atoms. The number of aliphatic hydroxyl groups excluding tert-OH is 1. The van der Waals surface area contributed by atoms with Crippen molar-refractivity contribution in [3.63, 3.8) is 0 Å². The minimum Gasteiger partial charge on any atom is -0.478 e. The summed E-state index contributed by atoms with van der Waals surface area (Å²) in [6.45, 7) is 4.83. The highest BCUT2D eigenvalue weighted by atomic mass is 16.4. The predicted octanol–water partition coefficient (Wildman–Crippen LogP) is 1.36. The van der Waals surface area contributed by atoms with Gasteiger partial charge in [0.05, 0.1) is 6.10 Å². The van der Waals surface area contributed by atoms with Crippen molar-refractivity contribution in [2.75, 3.05) is 18.0 Å². The maximum Gasteiger partial charge on any atom is 0.339 e. The lowest BCUT2D eigenvalue weighted by Gasteiger charge is -2.32. The average Bonchev–Trinajstić information content (AvgIpc) is 2.27. The summed E-state index contributed by atoms with van der Waals surface area (Å²) in [7, 11) is 0. The Morgan fingerprint density at radius 2 is 2.22 bits per heavy atom. The first kappa shape index (κ1) is 12.8. The van der Waals surface area contributed by atoms with E-state index < -0.39 is 12.1 Å². The molecule has 98 valence electrons. The van der Waals surface area contributed by atoms with E-state index in [2.05, 4.69) is 4.98 Å². The fraction of sp³-hybridized carbons (Fsp3) is 0.538. The topological polar surface area (TPSA) is 73.7 Å². The number of rotatable bonds is 2. The van der Waals surface area contributed by atoms with Crippen LogP contribution in [-0.4, -0.2) is 40.4 Å². The third-order valence-corrected chi connectivity index (χ3v) is 3.24. The van der Waals surface area contributed by atoms with Crippen LogP contribution in [0.2, 0.25) is 0 Å². The smallest absolute Gasteiger partial charge is 0.339 e. The van der Waals surface area contributed by atoms with Gasteiger partial charge in [-0.2, -0.15) is 0 Å². The van der Waals surface area contributed by atoms with Crippen molar-refractivity contribution in [1.82, 2.24) is 4.98 Å². The Kier molecular flexibility index (Phi) is 3.52. The van der Waals surface area contributed by atoms with E-state index in [1.54, 1.807) is 13.0 Å². The second-order valence-electron chi connectivity index (χ2n) is 4.83. The molecule has 1 aromatic rings. The number of hydrogen-bond donors (Lipinski definition) is 2. The number of aromatic nitrogens is 1. The normalized spacial score (nSPS) is 19.9. The number of aryl methyl sites for hydroxylation is 2. The standard InChI is InChI=1S/C13H18N2O3/c1-8-6-9(2)14-12(11(8)13(17)18)15-5-3-4-10(16)7-15/h6,10,16H,3-5,7H2,1-2H3,(H,17,18). The quantitative estimate of drug-likeness (QED) is 0.829. The second-order valence-corrected chi connectivity index (χ2v) is 4.83. The van der Waals surface area contributed by atoms with Gasteiger partial charge in [-0.3, -0.25) is 0 Å². The van der Waals surface area contributed by atoms with Crippen LogP contribution in [0.5, 0.6) is 0 Å². The van der Waals surface area contributed by atoms with Crippen LogP contribution in [0.1, 0.15) is 34.5 Å². The van der Waals surface area contributed by atoms with Gasteiger partial charge in [-0.15, -0.1) is 0 Å². The molecule has 2 N–H and O–H groups in total. The molecule has 1 saturated heterocycles. The van der Waals surface area contributed by atoms with Crippen LogP contribution in [0.4, 0.5) is 5.82 Å². The van der Waals surface area contributed by atoms with Crippen molar-refractivity contribution in [2.45, 2.75) is 32.8 Å². The van der Waals surface area contributed by atoms with Crippen molar-refractivity contribution >= 4 is 11.8 Å². The maximum absolute atomic E-state index is 11.3. The molecule has 5 nitrogen and oxygen atoms in total. The highest BCUT2D eigenvalue weighted by Gasteiger charge is 2.25. The largest absolute Gasteiger partial charge is 0.478 e. The van der Waals surface area contributed by atoms with E-state index in [4.69, 9.17) is 0 Å². The number of carboxylic acids is 1. The molecule has 0 radical (unpaired) electrons. The molecular weight excluding hydrogens is 232 g/mol. The number of aliphatic hydroxyl groups is 1. The third-order valence-electron chi connectivity index (χ3n) is 3.24. The number of carboxylic acid groups (broad SMARTS) is 1. The zero-order valence-corrected chi connectivity index (χ0v) is 10.7. The molecule has 0 spiro atoms. The van der Waals surface area contributed by atoms with Crippen LogP contribution in [0.15, 0.2) is 6.07 Å². The Bertz CT molecular complexity index is 474. The van der Waals surface area contributed by atoms with Gasteiger partial charge in [0.15, 0.2) is 0 Å². The fourth-order valence-corrected chi connectivity index (χ4v) is 2.46. The summed E-state index contributed by atoms with van der Waals surface area (Å²) in [6, 6.07) is 1.77. The highest BCUT2D eigenvalue weighted by Crippen LogP contribution is 2.25. The molecule has 1 aliphatic rings. The summed E-state index contributed by atoms with van der Waals surface area (Å²) >= 11 is 0. The number of nitrogens with zero attached hydrogens (tertiary/aromatic N) is 2. The van der Waals surface area contributed by atoms with Crippen LogP contribution in [-0.2, 0) is 0 Å². The summed E-state index contributed by atoms with van der Waals surface area (Å²) in [6.07, 6.45) is 1.22. The van der Waals surface area contributed by atoms with Gasteiger partial charge in [0.2, 0.25) is 0 Å². The Balaban J connectivity index is 2.44. The monoisotopic (exact) mass is 250 g/mol. The minimum absolute atomic E-state index is 0.245. The van der Waals surface area contributed by atoms with Crippen LogP contribution in [0, 0.1) is 13.8 Å². The Morgan fingerprint density at radius 3 is 2.83 bits per heavy atom. The molecule has 1 aliphatic heterocycles. The second kappa shape index (κ2) is 4.94. The van der Waals surface area contributed by atoms with Crippen molar-refractivity contribution in [2.24, 2.45) is 0 Å². The summed E-state index contributed by atoms with van der Waals surface area (Å²) in [4.78, 5) is 17.6. The van der Waals surface area contributed by atoms with E-state index in [0.717, 1.165) is 25.1 Å². The van der Waals surface area contributed by atoms with Crippen molar-refractivity contribution < 1.29 is 15.0 Å². The number of β-amino-alcohol motifs (C(OH)–C–C–N with tert-alkyl or cyclic N) is 1. The zero-order chi connectivity index (χ0) is 13.3. The minimum atomic E-state index is -0.963. The van der Waals surface area contributed by atoms with Crippen molar-refractivity contribution in [3.8, 4) is 0 Å². The number of piperidine rings is 1. The lowest BCUT2D eigenvalue weighted by atomic mass is 10.0. The lowest BCUT2D eigenvalue weighted by Crippen LogP contribution is -2.39. The number of hydrogen-bond acceptors (Lipinski definition) is 4. The van der Waals surface area contributed by atoms with Crippen LogP contribution < -0.4 is 4.90 Å². The van der Waals surface area contributed by atoms with Gasteiger partial charge in [0.25, 0.3) is 0 Å². The highest BCUT2D eigenvalue weighted by molar-refractivity contribution is 5.95. The molecule has 5 heteroatoms. The molecule has 1 fully saturated rings. The van der Waals surface area contributed by atoms with E-state index >= 15 is 0 Å². The first-order chi connectivity index (χ1) is 8.49. The molecule has 0 aromatic carbocycles. The molecule has 1 atom stereocenters. The Hall–Kier alpha value is -1.62. The van der Waals surface area contributed by atoms with Crippen LogP contribution >= 0.6 is 0 Å². The molecular formula is C13H18N2O3. The molecule has 18 heavy (non-hydrogen) atoms. The average molecular weight is 250 g/mol. The van der Waals surface area contributed by atoms with Gasteiger partial charge < -0.3 is 15.1 Å². The van der Waals surface area contributed by atoms with Gasteiger partial charge in [0, 0.05) is 18.8 Å². The first-order valence-corrected chi connectivity index (χ1v) is 6.13. The number of anilines is 1. The number of pyridine rings is 1. The first-order valence-electron chi connectivity index (χ1n) is 6.13. The summed E-state index contributed by atoms with van der Waals surface area (Å²) in [5, 5.41) is 19.0. The van der Waals surface area contributed by atoms with Crippen molar-refractivity contribution in [1.29, 1.82) is 0 Å². The summed E-state index contributed by atoms with van der Waals surface area (Å²) in [5.74, 6) is -0.478. The summed E-state index contributed by atoms with van der Waals surface area (Å²) in [5.41, 5.74) is 1.76. The SMILES string of the molecule is Cc1cc(C)c(C(=O)O)c(N2CCCC(O)C2)n1. The van der Waals surface area contributed by atoms with E-state index in [9.17, 15) is 15.0 Å². The van der Waals surface area contributed by atoms with E-state index in [0.29, 0.717) is 17.9 Å². The molecule has 1 unspecified atom stereocenters. The molecule has 2 heterocycles. The molecule has 2 rings (SSSR count). The molecule has 0 aliphatic carbocycles. The fourth-order valence-electron chi connectivity index (χ4n) is 2.46. The predicted molar refractivity (Wildman–Crippen MR) is 68.1 cm³/mol. The Morgan fingerprint density at radius 1 is 1.50 bits per heavy atom. The van der Waals surface area contributed by atoms with Crippen LogP contribution in [0.25, 0.3) is 0 Å². The van der Waals surface area contributed by atoms with Gasteiger partial charge in [-0.1, -0.05) is 0 Å². The number of carbonyl (C=O) groups is 1. The molecule has 1 aromatic heterocycles. The zero-order valence-electron chi connectivity index (χ0n) is 10.7. The van der Waals surface area contributed by atoms with Gasteiger partial charge >= 0.3 is 5.97 Å². The van der Waals surface area contributed by atoms with Gasteiger partial charge in [0.1, 0.15) is 11.4 Å². The summed E-state index contributed by atoms with van der Waals surface area (Å²) < 4.78 is 0. The van der Waals surface area contributed by atoms with E-state index in [-0.39, 0.29) is 5.56 Å². The Labute approximate surface area is 106 Å². The van der Waals surface area contributed by atoms with Crippen molar-refractivity contribution in [3.05, 3.63) is 22.9 Å². The van der Waals surface area contributed by atoms with E-state index in [1.807, 2.05) is 11.8 Å². The third kappa shape index (κ3) is 2.46. The van der Waals surface area contributed by atoms with Crippen LogP contribution in [0.3, 0.4) is 0 Å².